The summed E-state index contributed by atoms with van der Waals surface area (Å²) in [5, 5.41) is 3.78. The van der Waals surface area contributed by atoms with Crippen molar-refractivity contribution in [2.24, 2.45) is 0 Å². The second-order valence-corrected chi connectivity index (χ2v) is 5.24. The summed E-state index contributed by atoms with van der Waals surface area (Å²) in [5.41, 5.74) is 1.69. The Bertz CT molecular complexity index is 634. The quantitative estimate of drug-likeness (QED) is 0.786. The van der Waals surface area contributed by atoms with E-state index in [1.807, 2.05) is 18.2 Å². The molecule has 1 N–H and O–H groups in total. The molecule has 22 heavy (non-hydrogen) atoms. The van der Waals surface area contributed by atoms with E-state index in [2.05, 4.69) is 5.32 Å². The number of rotatable bonds is 7. The second kappa shape index (κ2) is 8.01. The van der Waals surface area contributed by atoms with E-state index < -0.39 is 0 Å². The molecule has 2 rings (SSSR count). The van der Waals surface area contributed by atoms with E-state index in [9.17, 15) is 4.39 Å². The molecule has 3 nitrogen and oxygen atoms in total. The minimum absolute atomic E-state index is 0.168. The molecule has 0 saturated carbocycles. The van der Waals surface area contributed by atoms with E-state index in [1.165, 1.54) is 6.07 Å². The Kier molecular flexibility index (Phi) is 6.04. The molecule has 0 spiro atoms. The van der Waals surface area contributed by atoms with Crippen molar-refractivity contribution >= 4 is 11.6 Å². The summed E-state index contributed by atoms with van der Waals surface area (Å²) in [4.78, 5) is 0. The Labute approximate surface area is 135 Å². The summed E-state index contributed by atoms with van der Waals surface area (Å²) in [6.45, 7) is 1.29. The van der Waals surface area contributed by atoms with Gasteiger partial charge in [0.1, 0.15) is 5.82 Å². The average molecular weight is 324 g/mol. The van der Waals surface area contributed by atoms with Gasteiger partial charge in [-0.05, 0) is 42.3 Å². The molecule has 5 heteroatoms. The summed E-state index contributed by atoms with van der Waals surface area (Å²) in [5.74, 6) is 0.957. The zero-order valence-corrected chi connectivity index (χ0v) is 13.4. The smallest absolute Gasteiger partial charge is 0.179 e. The molecule has 0 aliphatic carbocycles. The highest BCUT2D eigenvalue weighted by Crippen LogP contribution is 2.35. The molecule has 0 atom stereocenters. The molecule has 0 unspecified atom stereocenters. The maximum atomic E-state index is 13.5. The fourth-order valence-electron chi connectivity index (χ4n) is 2.23. The van der Waals surface area contributed by atoms with Gasteiger partial charge in [0, 0.05) is 6.54 Å². The standard InChI is InChI=1S/C17H19ClFNO2/c1-21-16-10-12(9-14(18)17(16)22-2)11-20-8-7-13-5-3-4-6-15(13)19/h3-6,9-10,20H,7-8,11H2,1-2H3. The van der Waals surface area contributed by atoms with Crippen molar-refractivity contribution in [3.8, 4) is 11.5 Å². The minimum Gasteiger partial charge on any atom is -0.493 e. The Morgan fingerprint density at radius 3 is 2.59 bits per heavy atom. The van der Waals surface area contributed by atoms with Gasteiger partial charge in [-0.1, -0.05) is 29.8 Å². The van der Waals surface area contributed by atoms with E-state index in [0.717, 1.165) is 5.56 Å². The summed E-state index contributed by atoms with van der Waals surface area (Å²) < 4.78 is 24.0. The SMILES string of the molecule is COc1cc(CNCCc2ccccc2F)cc(Cl)c1OC. The van der Waals surface area contributed by atoms with Crippen LogP contribution in [0.4, 0.5) is 4.39 Å². The highest BCUT2D eigenvalue weighted by atomic mass is 35.5. The van der Waals surface area contributed by atoms with Crippen LogP contribution >= 0.6 is 11.6 Å². The van der Waals surface area contributed by atoms with Crippen molar-refractivity contribution in [1.29, 1.82) is 0 Å². The summed E-state index contributed by atoms with van der Waals surface area (Å²) >= 11 is 6.16. The van der Waals surface area contributed by atoms with Crippen LogP contribution in [-0.2, 0) is 13.0 Å². The van der Waals surface area contributed by atoms with E-state index >= 15 is 0 Å². The third-order valence-corrected chi connectivity index (χ3v) is 3.63. The lowest BCUT2D eigenvalue weighted by Crippen LogP contribution is -2.17. The number of benzene rings is 2. The number of nitrogens with one attached hydrogen (secondary N) is 1. The molecule has 0 aromatic heterocycles. The average Bonchev–Trinajstić information content (AvgIpc) is 2.52. The van der Waals surface area contributed by atoms with E-state index in [0.29, 0.717) is 41.6 Å². The zero-order chi connectivity index (χ0) is 15.9. The van der Waals surface area contributed by atoms with Gasteiger partial charge in [-0.3, -0.25) is 0 Å². The Balaban J connectivity index is 1.92. The maximum absolute atomic E-state index is 13.5. The first kappa shape index (κ1) is 16.6. The first-order chi connectivity index (χ1) is 10.7. The van der Waals surface area contributed by atoms with Gasteiger partial charge in [0.2, 0.25) is 0 Å². The number of ether oxygens (including phenoxy) is 2. The first-order valence-corrected chi connectivity index (χ1v) is 7.38. The topological polar surface area (TPSA) is 30.5 Å². The lowest BCUT2D eigenvalue weighted by atomic mass is 10.1. The largest absolute Gasteiger partial charge is 0.493 e. The van der Waals surface area contributed by atoms with Crippen LogP contribution in [0, 0.1) is 5.82 Å². The molecule has 0 aliphatic rings. The van der Waals surface area contributed by atoms with Gasteiger partial charge in [-0.15, -0.1) is 0 Å². The maximum Gasteiger partial charge on any atom is 0.179 e. The Hall–Kier alpha value is -1.78. The Morgan fingerprint density at radius 1 is 1.14 bits per heavy atom. The van der Waals surface area contributed by atoms with Crippen LogP contribution in [0.25, 0.3) is 0 Å². The van der Waals surface area contributed by atoms with Gasteiger partial charge < -0.3 is 14.8 Å². The molecule has 0 saturated heterocycles. The lowest BCUT2D eigenvalue weighted by Gasteiger charge is -2.12. The summed E-state index contributed by atoms with van der Waals surface area (Å²) in [6, 6.07) is 10.5. The molecule has 0 aliphatic heterocycles. The highest BCUT2D eigenvalue weighted by molar-refractivity contribution is 6.32. The van der Waals surface area contributed by atoms with Gasteiger partial charge in [0.25, 0.3) is 0 Å². The molecule has 2 aromatic rings. The van der Waals surface area contributed by atoms with Crippen molar-refractivity contribution in [2.75, 3.05) is 20.8 Å². The van der Waals surface area contributed by atoms with E-state index in [4.69, 9.17) is 21.1 Å². The second-order valence-electron chi connectivity index (χ2n) is 4.83. The molecule has 0 amide bonds. The number of hydrogen-bond acceptors (Lipinski definition) is 3. The monoisotopic (exact) mass is 323 g/mol. The molecule has 0 bridgehead atoms. The third-order valence-electron chi connectivity index (χ3n) is 3.35. The Morgan fingerprint density at radius 2 is 1.91 bits per heavy atom. The number of halogens is 2. The van der Waals surface area contributed by atoms with Crippen molar-refractivity contribution in [1.82, 2.24) is 5.32 Å². The van der Waals surface area contributed by atoms with Crippen LogP contribution < -0.4 is 14.8 Å². The van der Waals surface area contributed by atoms with Crippen molar-refractivity contribution in [3.05, 3.63) is 58.4 Å². The highest BCUT2D eigenvalue weighted by Gasteiger charge is 2.10. The molecular weight excluding hydrogens is 305 g/mol. The van der Waals surface area contributed by atoms with Gasteiger partial charge >= 0.3 is 0 Å². The van der Waals surface area contributed by atoms with Gasteiger partial charge in [-0.25, -0.2) is 4.39 Å². The van der Waals surface area contributed by atoms with E-state index in [-0.39, 0.29) is 5.82 Å². The molecule has 118 valence electrons. The fourth-order valence-corrected chi connectivity index (χ4v) is 2.54. The predicted octanol–water partition coefficient (Wildman–Crippen LogP) is 3.83. The number of methoxy groups -OCH3 is 2. The van der Waals surface area contributed by atoms with Gasteiger partial charge in [0.05, 0.1) is 19.2 Å². The minimum atomic E-state index is -0.168. The van der Waals surface area contributed by atoms with Crippen LogP contribution in [0.3, 0.4) is 0 Å². The van der Waals surface area contributed by atoms with Crippen molar-refractivity contribution in [2.45, 2.75) is 13.0 Å². The van der Waals surface area contributed by atoms with E-state index in [1.54, 1.807) is 26.4 Å². The molecule has 0 fully saturated rings. The lowest BCUT2D eigenvalue weighted by molar-refractivity contribution is 0.354. The molecular formula is C17H19ClFNO2. The third kappa shape index (κ3) is 4.12. The van der Waals surface area contributed by atoms with Gasteiger partial charge in [0.15, 0.2) is 11.5 Å². The summed E-state index contributed by atoms with van der Waals surface area (Å²) in [7, 11) is 3.12. The molecule has 2 aromatic carbocycles. The summed E-state index contributed by atoms with van der Waals surface area (Å²) in [6.07, 6.45) is 0.633. The number of hydrogen-bond donors (Lipinski definition) is 1. The molecule has 0 heterocycles. The first-order valence-electron chi connectivity index (χ1n) is 7.00. The van der Waals surface area contributed by atoms with Crippen LogP contribution in [0.15, 0.2) is 36.4 Å². The normalized spacial score (nSPS) is 10.5. The predicted molar refractivity (Wildman–Crippen MR) is 86.4 cm³/mol. The van der Waals surface area contributed by atoms with Crippen LogP contribution in [0.2, 0.25) is 5.02 Å². The van der Waals surface area contributed by atoms with Crippen LogP contribution in [-0.4, -0.2) is 20.8 Å². The van der Waals surface area contributed by atoms with Crippen LogP contribution in [0.5, 0.6) is 11.5 Å². The fraction of sp³-hybridized carbons (Fsp3) is 0.294. The van der Waals surface area contributed by atoms with Crippen LogP contribution in [0.1, 0.15) is 11.1 Å². The zero-order valence-electron chi connectivity index (χ0n) is 12.7. The van der Waals surface area contributed by atoms with Crippen molar-refractivity contribution < 1.29 is 13.9 Å². The van der Waals surface area contributed by atoms with Gasteiger partial charge in [-0.2, -0.15) is 0 Å². The van der Waals surface area contributed by atoms with Crippen molar-refractivity contribution in [3.63, 3.8) is 0 Å². The molecule has 0 radical (unpaired) electrons.